The Morgan fingerprint density at radius 1 is 1.18 bits per heavy atom. The largest absolute Gasteiger partial charge is 0.479 e. The van der Waals surface area contributed by atoms with Crippen molar-refractivity contribution in [2.24, 2.45) is 5.73 Å². The van der Waals surface area contributed by atoms with E-state index in [1.807, 2.05) is 12.1 Å². The summed E-state index contributed by atoms with van der Waals surface area (Å²) in [5.74, 6) is -1.48. The molecule has 1 aliphatic heterocycles. The Morgan fingerprint density at radius 3 is 2.68 bits per heavy atom. The second kappa shape index (κ2) is 5.61. The molecule has 0 bridgehead atoms. The molecule has 5 nitrogen and oxygen atoms in total. The monoisotopic (exact) mass is 297 g/mol. The van der Waals surface area contributed by atoms with Crippen molar-refractivity contribution >= 4 is 11.9 Å². The molecule has 0 saturated heterocycles. The van der Waals surface area contributed by atoms with E-state index < -0.39 is 18.0 Å². The van der Waals surface area contributed by atoms with Crippen molar-refractivity contribution in [2.75, 3.05) is 6.61 Å². The molecule has 1 unspecified atom stereocenters. The fraction of sp³-hybridized carbons (Fsp3) is 0.176. The first-order valence-corrected chi connectivity index (χ1v) is 6.94. The van der Waals surface area contributed by atoms with Crippen LogP contribution in [0.25, 0.3) is 11.1 Å². The Kier molecular flexibility index (Phi) is 3.65. The van der Waals surface area contributed by atoms with Gasteiger partial charge in [-0.15, -0.1) is 0 Å². The third-order valence-electron chi connectivity index (χ3n) is 3.81. The quantitative estimate of drug-likeness (QED) is 0.908. The molecular formula is C17H15NO4. The first-order chi connectivity index (χ1) is 10.6. The number of carboxylic acids is 1. The lowest BCUT2D eigenvalue weighted by atomic mass is 9.89. The molecular weight excluding hydrogens is 282 g/mol. The summed E-state index contributed by atoms with van der Waals surface area (Å²) in [5, 5.41) is 9.28. The summed E-state index contributed by atoms with van der Waals surface area (Å²) >= 11 is 0. The van der Waals surface area contributed by atoms with Crippen molar-refractivity contribution < 1.29 is 19.4 Å². The molecule has 5 heteroatoms. The van der Waals surface area contributed by atoms with Crippen molar-refractivity contribution in [2.45, 2.75) is 12.5 Å². The molecule has 1 aliphatic rings. The normalized spacial score (nSPS) is 16.8. The molecule has 1 atom stereocenters. The molecule has 22 heavy (non-hydrogen) atoms. The lowest BCUT2D eigenvalue weighted by Crippen LogP contribution is -2.23. The third kappa shape index (κ3) is 2.46. The molecule has 0 aromatic heterocycles. The number of nitrogens with two attached hydrogens (primary N) is 1. The van der Waals surface area contributed by atoms with E-state index in [4.69, 9.17) is 10.5 Å². The predicted molar refractivity (Wildman–Crippen MR) is 80.4 cm³/mol. The molecule has 3 N–H and O–H groups in total. The highest BCUT2D eigenvalue weighted by Gasteiger charge is 2.28. The van der Waals surface area contributed by atoms with Crippen molar-refractivity contribution in [1.82, 2.24) is 0 Å². The van der Waals surface area contributed by atoms with Crippen LogP contribution in [0.5, 0.6) is 0 Å². The molecule has 1 heterocycles. The van der Waals surface area contributed by atoms with Gasteiger partial charge in [0.1, 0.15) is 0 Å². The average Bonchev–Trinajstić information content (AvgIpc) is 2.53. The summed E-state index contributed by atoms with van der Waals surface area (Å²) in [6.07, 6.45) is -0.307. The Bertz CT molecular complexity index is 754. The topological polar surface area (TPSA) is 89.6 Å². The first kappa shape index (κ1) is 14.3. The van der Waals surface area contributed by atoms with Gasteiger partial charge in [0.05, 0.1) is 6.61 Å². The second-order valence-corrected chi connectivity index (χ2v) is 5.16. The van der Waals surface area contributed by atoms with Crippen LogP contribution in [0.3, 0.4) is 0 Å². The number of rotatable bonds is 3. The molecule has 3 rings (SSSR count). The summed E-state index contributed by atoms with van der Waals surface area (Å²) < 4.78 is 5.35. The predicted octanol–water partition coefficient (Wildman–Crippen LogP) is 2.15. The lowest BCUT2D eigenvalue weighted by Gasteiger charge is -2.25. The van der Waals surface area contributed by atoms with Crippen LogP contribution in [0, 0.1) is 0 Å². The number of fused-ring (bicyclic) bond motifs is 1. The zero-order chi connectivity index (χ0) is 15.7. The standard InChI is InChI=1S/C17H15NO4/c18-16(19)11-4-1-3-10(9-11)12-5-2-6-14-13(12)7-8-22-15(14)17(20)21/h1-6,9,15H,7-8H2,(H2,18,19)(H,20,21). The number of benzene rings is 2. The molecule has 2 aromatic carbocycles. The summed E-state index contributed by atoms with van der Waals surface area (Å²) in [6.45, 7) is 0.358. The number of aliphatic carboxylic acids is 1. The van der Waals surface area contributed by atoms with Crippen LogP contribution in [-0.4, -0.2) is 23.6 Å². The van der Waals surface area contributed by atoms with E-state index in [0.29, 0.717) is 24.2 Å². The summed E-state index contributed by atoms with van der Waals surface area (Å²) in [6, 6.07) is 12.5. The number of carboxylic acid groups (broad SMARTS) is 1. The maximum atomic E-state index is 11.3. The highest BCUT2D eigenvalue weighted by molar-refractivity contribution is 5.94. The van der Waals surface area contributed by atoms with E-state index >= 15 is 0 Å². The SMILES string of the molecule is NC(=O)c1cccc(-c2cccc3c2CCOC3C(=O)O)c1. The van der Waals surface area contributed by atoms with Crippen molar-refractivity contribution in [1.29, 1.82) is 0 Å². The van der Waals surface area contributed by atoms with Crippen LogP contribution in [0.2, 0.25) is 0 Å². The van der Waals surface area contributed by atoms with Gasteiger partial charge in [0, 0.05) is 5.56 Å². The molecule has 0 aliphatic carbocycles. The van der Waals surface area contributed by atoms with Crippen LogP contribution >= 0.6 is 0 Å². The number of amides is 1. The molecule has 0 spiro atoms. The van der Waals surface area contributed by atoms with Crippen LogP contribution in [0.4, 0.5) is 0 Å². The fourth-order valence-electron chi connectivity index (χ4n) is 2.81. The summed E-state index contributed by atoms with van der Waals surface area (Å²) in [4.78, 5) is 22.7. The molecule has 2 aromatic rings. The maximum Gasteiger partial charge on any atom is 0.337 e. The molecule has 0 radical (unpaired) electrons. The third-order valence-corrected chi connectivity index (χ3v) is 3.81. The van der Waals surface area contributed by atoms with E-state index in [9.17, 15) is 14.7 Å². The smallest absolute Gasteiger partial charge is 0.337 e. The van der Waals surface area contributed by atoms with Gasteiger partial charge in [-0.1, -0.05) is 30.3 Å². The number of hydrogen-bond donors (Lipinski definition) is 2. The second-order valence-electron chi connectivity index (χ2n) is 5.16. The zero-order valence-electron chi connectivity index (χ0n) is 11.8. The number of ether oxygens (including phenoxy) is 1. The molecule has 1 amide bonds. The molecule has 112 valence electrons. The Balaban J connectivity index is 2.13. The first-order valence-electron chi connectivity index (χ1n) is 6.94. The number of carbonyl (C=O) groups excluding carboxylic acids is 1. The van der Waals surface area contributed by atoms with E-state index in [0.717, 1.165) is 16.7 Å². The minimum Gasteiger partial charge on any atom is -0.479 e. The average molecular weight is 297 g/mol. The van der Waals surface area contributed by atoms with Crippen molar-refractivity contribution in [3.8, 4) is 11.1 Å². The van der Waals surface area contributed by atoms with Crippen LogP contribution in [0.15, 0.2) is 42.5 Å². The number of hydrogen-bond acceptors (Lipinski definition) is 3. The number of primary amides is 1. The van der Waals surface area contributed by atoms with Crippen molar-refractivity contribution in [3.63, 3.8) is 0 Å². The van der Waals surface area contributed by atoms with Crippen molar-refractivity contribution in [3.05, 3.63) is 59.2 Å². The van der Waals surface area contributed by atoms with E-state index in [-0.39, 0.29) is 0 Å². The minimum absolute atomic E-state index is 0.358. The van der Waals surface area contributed by atoms with Crippen LogP contribution in [0.1, 0.15) is 27.6 Å². The van der Waals surface area contributed by atoms with Gasteiger partial charge in [0.25, 0.3) is 0 Å². The summed E-state index contributed by atoms with van der Waals surface area (Å²) in [7, 11) is 0. The van der Waals surface area contributed by atoms with E-state index in [2.05, 4.69) is 0 Å². The zero-order valence-corrected chi connectivity index (χ0v) is 11.8. The maximum absolute atomic E-state index is 11.3. The van der Waals surface area contributed by atoms with E-state index in [1.165, 1.54) is 0 Å². The van der Waals surface area contributed by atoms with Gasteiger partial charge in [0.2, 0.25) is 5.91 Å². The van der Waals surface area contributed by atoms with Gasteiger partial charge in [-0.3, -0.25) is 4.79 Å². The molecule has 0 saturated carbocycles. The van der Waals surface area contributed by atoms with Crippen LogP contribution < -0.4 is 5.73 Å². The Hall–Kier alpha value is -2.66. The Morgan fingerprint density at radius 2 is 1.95 bits per heavy atom. The van der Waals surface area contributed by atoms with Gasteiger partial charge >= 0.3 is 5.97 Å². The van der Waals surface area contributed by atoms with Gasteiger partial charge in [-0.25, -0.2) is 4.79 Å². The van der Waals surface area contributed by atoms with Crippen LogP contribution in [-0.2, 0) is 16.0 Å². The number of carbonyl (C=O) groups is 2. The molecule has 0 fully saturated rings. The van der Waals surface area contributed by atoms with Gasteiger partial charge in [-0.05, 0) is 40.8 Å². The highest BCUT2D eigenvalue weighted by atomic mass is 16.5. The fourth-order valence-corrected chi connectivity index (χ4v) is 2.81. The lowest BCUT2D eigenvalue weighted by molar-refractivity contribution is -0.151. The van der Waals surface area contributed by atoms with Gasteiger partial charge < -0.3 is 15.6 Å². The van der Waals surface area contributed by atoms with Gasteiger partial charge in [0.15, 0.2) is 6.10 Å². The Labute approximate surface area is 127 Å². The van der Waals surface area contributed by atoms with E-state index in [1.54, 1.807) is 30.3 Å². The highest BCUT2D eigenvalue weighted by Crippen LogP contribution is 2.34. The summed E-state index contributed by atoms with van der Waals surface area (Å²) in [5.41, 5.74) is 9.12. The minimum atomic E-state index is -0.996. The van der Waals surface area contributed by atoms with Gasteiger partial charge in [-0.2, -0.15) is 0 Å².